The topological polar surface area (TPSA) is 97.0 Å². The van der Waals surface area contributed by atoms with Crippen LogP contribution in [0.2, 0.25) is 0 Å². The third-order valence-corrected chi connectivity index (χ3v) is 5.03. The van der Waals surface area contributed by atoms with Crippen LogP contribution in [0, 0.1) is 11.3 Å². The van der Waals surface area contributed by atoms with Gasteiger partial charge in [-0.1, -0.05) is 30.3 Å². The molecular weight excluding hydrogens is 352 g/mol. The van der Waals surface area contributed by atoms with Crippen LogP contribution >= 0.6 is 0 Å². The Morgan fingerprint density at radius 2 is 1.85 bits per heavy atom. The van der Waals surface area contributed by atoms with Gasteiger partial charge in [0.2, 0.25) is 0 Å². The Balaban J connectivity index is 2.01. The van der Waals surface area contributed by atoms with E-state index in [1.54, 1.807) is 55.8 Å². The monoisotopic (exact) mass is 368 g/mol. The van der Waals surface area contributed by atoms with Gasteiger partial charge >= 0.3 is 0 Å². The van der Waals surface area contributed by atoms with E-state index in [9.17, 15) is 8.42 Å². The lowest BCUT2D eigenvalue weighted by Crippen LogP contribution is -2.14. The molecule has 7 nitrogen and oxygen atoms in total. The van der Waals surface area contributed by atoms with E-state index in [-0.39, 0.29) is 17.3 Å². The predicted molar refractivity (Wildman–Crippen MR) is 97.1 cm³/mol. The first kappa shape index (κ1) is 17.5. The molecule has 0 spiro atoms. The Morgan fingerprint density at radius 3 is 2.46 bits per heavy atom. The summed E-state index contributed by atoms with van der Waals surface area (Å²) in [6, 6.07) is 17.2. The zero-order valence-corrected chi connectivity index (χ0v) is 14.8. The van der Waals surface area contributed by atoms with Crippen molar-refractivity contribution in [2.75, 3.05) is 11.8 Å². The lowest BCUT2D eigenvalue weighted by molar-refractivity contribution is 0.415. The van der Waals surface area contributed by atoms with Gasteiger partial charge < -0.3 is 4.74 Å². The number of benzene rings is 2. The van der Waals surface area contributed by atoms with Crippen molar-refractivity contribution in [3.63, 3.8) is 0 Å². The number of nitriles is 1. The summed E-state index contributed by atoms with van der Waals surface area (Å²) in [6.07, 6.45) is 1.63. The number of nitrogens with one attached hydrogen (secondary N) is 1. The number of methoxy groups -OCH3 is 1. The minimum atomic E-state index is -3.79. The quantitative estimate of drug-likeness (QED) is 0.721. The molecule has 2 aromatic carbocycles. The molecule has 0 amide bonds. The second-order valence-electron chi connectivity index (χ2n) is 5.39. The lowest BCUT2D eigenvalue weighted by atomic mass is 10.1. The van der Waals surface area contributed by atoms with Crippen LogP contribution in [0.5, 0.6) is 5.75 Å². The lowest BCUT2D eigenvalue weighted by Gasteiger charge is -2.08. The summed E-state index contributed by atoms with van der Waals surface area (Å²) in [5.74, 6) is 0.846. The number of nitrogens with zero attached hydrogens (tertiary/aromatic N) is 3. The van der Waals surface area contributed by atoms with E-state index in [1.807, 2.05) is 6.07 Å². The molecule has 0 saturated carbocycles. The zero-order valence-electron chi connectivity index (χ0n) is 14.0. The van der Waals surface area contributed by atoms with Crippen LogP contribution in [0.1, 0.15) is 0 Å². The number of aromatic nitrogens is 2. The molecule has 0 aliphatic carbocycles. The third kappa shape index (κ3) is 3.68. The molecule has 0 aliphatic heterocycles. The predicted octanol–water partition coefficient (Wildman–Crippen LogP) is 2.88. The number of hydrogen-bond acceptors (Lipinski definition) is 5. The SMILES string of the molecule is COc1ccc(-c2cn(CC#N)nc2NS(=O)(=O)c2ccccc2)cc1. The fraction of sp³-hybridized carbons (Fsp3) is 0.111. The van der Waals surface area contributed by atoms with Crippen molar-refractivity contribution in [1.82, 2.24) is 9.78 Å². The number of hydrogen-bond donors (Lipinski definition) is 1. The summed E-state index contributed by atoms with van der Waals surface area (Å²) in [5, 5.41) is 13.1. The highest BCUT2D eigenvalue weighted by Gasteiger charge is 2.19. The average Bonchev–Trinajstić information content (AvgIpc) is 3.04. The Kier molecular flexibility index (Phi) is 4.91. The van der Waals surface area contributed by atoms with Gasteiger partial charge in [0, 0.05) is 11.8 Å². The first-order chi connectivity index (χ1) is 12.5. The van der Waals surface area contributed by atoms with Crippen molar-refractivity contribution in [2.24, 2.45) is 0 Å². The normalized spacial score (nSPS) is 10.9. The van der Waals surface area contributed by atoms with Gasteiger partial charge in [-0.3, -0.25) is 9.40 Å². The number of rotatable bonds is 6. The molecular formula is C18H16N4O3S. The molecule has 3 aromatic rings. The van der Waals surface area contributed by atoms with Gasteiger partial charge in [-0.15, -0.1) is 0 Å². The molecule has 0 atom stereocenters. The van der Waals surface area contributed by atoms with Crippen LogP contribution in [0.3, 0.4) is 0 Å². The molecule has 3 rings (SSSR count). The highest BCUT2D eigenvalue weighted by molar-refractivity contribution is 7.92. The second kappa shape index (κ2) is 7.29. The molecule has 132 valence electrons. The molecule has 0 unspecified atom stereocenters. The van der Waals surface area contributed by atoms with Crippen LogP contribution in [0.15, 0.2) is 65.7 Å². The van der Waals surface area contributed by atoms with Crippen LogP contribution in [-0.4, -0.2) is 25.3 Å². The maximum absolute atomic E-state index is 12.6. The van der Waals surface area contributed by atoms with Crippen LogP contribution < -0.4 is 9.46 Å². The van der Waals surface area contributed by atoms with E-state index in [0.717, 1.165) is 5.56 Å². The minimum Gasteiger partial charge on any atom is -0.497 e. The molecule has 26 heavy (non-hydrogen) atoms. The van der Waals surface area contributed by atoms with Gasteiger partial charge in [-0.25, -0.2) is 8.42 Å². The molecule has 0 saturated heterocycles. The van der Waals surface area contributed by atoms with E-state index < -0.39 is 10.0 Å². The molecule has 0 aliphatic rings. The van der Waals surface area contributed by atoms with E-state index >= 15 is 0 Å². The molecule has 1 aromatic heterocycles. The van der Waals surface area contributed by atoms with Crippen LogP contribution in [0.4, 0.5) is 5.82 Å². The molecule has 0 fully saturated rings. The maximum Gasteiger partial charge on any atom is 0.263 e. The number of sulfonamides is 1. The Morgan fingerprint density at radius 1 is 1.15 bits per heavy atom. The second-order valence-corrected chi connectivity index (χ2v) is 7.08. The highest BCUT2D eigenvalue weighted by Crippen LogP contribution is 2.30. The summed E-state index contributed by atoms with van der Waals surface area (Å²) in [6.45, 7) is 0.0101. The van der Waals surface area contributed by atoms with E-state index in [4.69, 9.17) is 10.00 Å². The summed E-state index contributed by atoms with van der Waals surface area (Å²) in [7, 11) is -2.22. The van der Waals surface area contributed by atoms with Crippen LogP contribution in [0.25, 0.3) is 11.1 Å². The van der Waals surface area contributed by atoms with Crippen molar-refractivity contribution in [3.8, 4) is 22.9 Å². The smallest absolute Gasteiger partial charge is 0.263 e. The minimum absolute atomic E-state index is 0.0101. The average molecular weight is 368 g/mol. The zero-order chi connectivity index (χ0) is 18.6. The van der Waals surface area contributed by atoms with Crippen molar-refractivity contribution in [3.05, 3.63) is 60.8 Å². The first-order valence-electron chi connectivity index (χ1n) is 7.70. The van der Waals surface area contributed by atoms with Crippen molar-refractivity contribution >= 4 is 15.8 Å². The first-order valence-corrected chi connectivity index (χ1v) is 9.18. The number of ether oxygens (including phenoxy) is 1. The van der Waals surface area contributed by atoms with Crippen molar-refractivity contribution in [1.29, 1.82) is 5.26 Å². The molecule has 1 heterocycles. The largest absolute Gasteiger partial charge is 0.497 e. The van der Waals surface area contributed by atoms with E-state index in [2.05, 4.69) is 9.82 Å². The Labute approximate surface area is 151 Å². The molecule has 0 bridgehead atoms. The van der Waals surface area contributed by atoms with Gasteiger partial charge in [0.15, 0.2) is 5.82 Å². The van der Waals surface area contributed by atoms with Gasteiger partial charge in [0.05, 0.1) is 18.1 Å². The summed E-state index contributed by atoms with van der Waals surface area (Å²) in [5.41, 5.74) is 1.32. The van der Waals surface area contributed by atoms with Gasteiger partial charge in [-0.05, 0) is 29.8 Å². The van der Waals surface area contributed by atoms with E-state index in [1.165, 1.54) is 16.8 Å². The highest BCUT2D eigenvalue weighted by atomic mass is 32.2. The third-order valence-electron chi connectivity index (χ3n) is 3.68. The fourth-order valence-corrected chi connectivity index (χ4v) is 3.46. The summed E-state index contributed by atoms with van der Waals surface area (Å²) in [4.78, 5) is 0.135. The van der Waals surface area contributed by atoms with Gasteiger partial charge in [0.1, 0.15) is 12.3 Å². The van der Waals surface area contributed by atoms with E-state index in [0.29, 0.717) is 11.3 Å². The molecule has 0 radical (unpaired) electrons. The maximum atomic E-state index is 12.6. The van der Waals surface area contributed by atoms with Crippen molar-refractivity contribution in [2.45, 2.75) is 11.4 Å². The summed E-state index contributed by atoms with van der Waals surface area (Å²) >= 11 is 0. The summed E-state index contributed by atoms with van der Waals surface area (Å²) < 4.78 is 34.3. The van der Waals surface area contributed by atoms with Gasteiger partial charge in [-0.2, -0.15) is 10.4 Å². The Bertz CT molecular complexity index is 1040. The molecule has 8 heteroatoms. The van der Waals surface area contributed by atoms with Gasteiger partial charge in [0.25, 0.3) is 10.0 Å². The van der Waals surface area contributed by atoms with Crippen LogP contribution in [-0.2, 0) is 16.6 Å². The Hall–Kier alpha value is -3.31. The van der Waals surface area contributed by atoms with Crippen molar-refractivity contribution < 1.29 is 13.2 Å². The number of anilines is 1. The molecule has 1 N–H and O–H groups in total. The standard InChI is InChI=1S/C18H16N4O3S/c1-25-15-9-7-14(8-10-15)17-13-22(12-11-19)20-18(17)21-26(23,24)16-5-3-2-4-6-16/h2-10,13H,12H2,1H3,(H,20,21). The fourth-order valence-electron chi connectivity index (χ4n) is 2.42.